The van der Waals surface area contributed by atoms with E-state index < -0.39 is 0 Å². The highest BCUT2D eigenvalue weighted by molar-refractivity contribution is 5.46. The molecule has 0 aliphatic rings. The highest BCUT2D eigenvalue weighted by Gasteiger charge is 2.10. The van der Waals surface area contributed by atoms with Crippen LogP contribution in [0.1, 0.15) is 25.3 Å². The Morgan fingerprint density at radius 3 is 2.69 bits per heavy atom. The summed E-state index contributed by atoms with van der Waals surface area (Å²) in [5.41, 5.74) is 2.15. The summed E-state index contributed by atoms with van der Waals surface area (Å²) in [6.07, 6.45) is 1.59. The molecule has 0 aliphatic heterocycles. The van der Waals surface area contributed by atoms with Crippen LogP contribution in [0.3, 0.4) is 0 Å². The lowest BCUT2D eigenvalue weighted by atomic mass is 10.0. The van der Waals surface area contributed by atoms with E-state index >= 15 is 0 Å². The minimum Gasteiger partial charge on any atom is -0.497 e. The van der Waals surface area contributed by atoms with Crippen molar-refractivity contribution in [2.45, 2.75) is 19.8 Å². The third kappa shape index (κ3) is 1.88. The minimum absolute atomic E-state index is 0.384. The number of tetrazole rings is 1. The van der Waals surface area contributed by atoms with Gasteiger partial charge in [-0.25, -0.2) is 4.68 Å². The van der Waals surface area contributed by atoms with E-state index in [1.54, 1.807) is 18.1 Å². The van der Waals surface area contributed by atoms with Crippen molar-refractivity contribution in [2.75, 3.05) is 7.11 Å². The van der Waals surface area contributed by atoms with Crippen molar-refractivity contribution in [1.29, 1.82) is 0 Å². The van der Waals surface area contributed by atoms with Crippen molar-refractivity contribution in [3.63, 3.8) is 0 Å². The van der Waals surface area contributed by atoms with Crippen LogP contribution in [0.25, 0.3) is 5.69 Å². The summed E-state index contributed by atoms with van der Waals surface area (Å²) in [6, 6.07) is 5.88. The molecule has 0 unspecified atom stereocenters. The smallest absolute Gasteiger partial charge is 0.143 e. The summed E-state index contributed by atoms with van der Waals surface area (Å²) >= 11 is 0. The predicted octanol–water partition coefficient (Wildman–Crippen LogP) is 1.79. The van der Waals surface area contributed by atoms with Gasteiger partial charge >= 0.3 is 0 Å². The van der Waals surface area contributed by atoms with Gasteiger partial charge in [-0.2, -0.15) is 0 Å². The number of nitrogens with zero attached hydrogens (tertiary/aromatic N) is 4. The van der Waals surface area contributed by atoms with Crippen LogP contribution in [-0.2, 0) is 0 Å². The maximum absolute atomic E-state index is 5.22. The Labute approximate surface area is 94.0 Å². The van der Waals surface area contributed by atoms with Crippen molar-refractivity contribution >= 4 is 0 Å². The topological polar surface area (TPSA) is 52.8 Å². The fourth-order valence-corrected chi connectivity index (χ4v) is 1.60. The molecular weight excluding hydrogens is 204 g/mol. The average molecular weight is 218 g/mol. The second kappa shape index (κ2) is 4.30. The molecule has 0 saturated carbocycles. The van der Waals surface area contributed by atoms with E-state index in [1.165, 1.54) is 0 Å². The van der Waals surface area contributed by atoms with Crippen LogP contribution in [-0.4, -0.2) is 27.3 Å². The molecule has 0 aliphatic carbocycles. The number of methoxy groups -OCH3 is 1. The Morgan fingerprint density at radius 1 is 1.31 bits per heavy atom. The van der Waals surface area contributed by atoms with Crippen LogP contribution in [0.4, 0.5) is 0 Å². The van der Waals surface area contributed by atoms with E-state index in [0.717, 1.165) is 17.0 Å². The molecule has 0 bridgehead atoms. The van der Waals surface area contributed by atoms with Crippen molar-refractivity contribution in [1.82, 2.24) is 20.2 Å². The van der Waals surface area contributed by atoms with Crippen LogP contribution in [0, 0.1) is 0 Å². The molecule has 1 aromatic carbocycles. The second-order valence-electron chi connectivity index (χ2n) is 3.83. The summed E-state index contributed by atoms with van der Waals surface area (Å²) in [5.74, 6) is 1.23. The van der Waals surface area contributed by atoms with Crippen molar-refractivity contribution in [2.24, 2.45) is 0 Å². The SMILES string of the molecule is COc1ccc(-n2cnnn2)c(C(C)C)c1. The van der Waals surface area contributed by atoms with Crippen LogP contribution in [0.5, 0.6) is 5.75 Å². The van der Waals surface area contributed by atoms with Gasteiger partial charge in [-0.3, -0.25) is 0 Å². The average Bonchev–Trinajstić information content (AvgIpc) is 2.81. The van der Waals surface area contributed by atoms with E-state index in [4.69, 9.17) is 4.74 Å². The minimum atomic E-state index is 0.384. The normalized spacial score (nSPS) is 10.8. The quantitative estimate of drug-likeness (QED) is 0.788. The zero-order valence-corrected chi connectivity index (χ0v) is 9.58. The van der Waals surface area contributed by atoms with Gasteiger partial charge in [0.2, 0.25) is 0 Å². The highest BCUT2D eigenvalue weighted by atomic mass is 16.5. The van der Waals surface area contributed by atoms with Crippen LogP contribution < -0.4 is 4.74 Å². The molecule has 0 radical (unpaired) electrons. The molecule has 2 rings (SSSR count). The van der Waals surface area contributed by atoms with Crippen LogP contribution in [0.15, 0.2) is 24.5 Å². The molecule has 1 heterocycles. The lowest BCUT2D eigenvalue weighted by Crippen LogP contribution is -2.02. The number of benzene rings is 1. The van der Waals surface area contributed by atoms with Crippen molar-refractivity contribution < 1.29 is 4.74 Å². The lowest BCUT2D eigenvalue weighted by Gasteiger charge is -2.13. The van der Waals surface area contributed by atoms with Gasteiger partial charge in [0.1, 0.15) is 12.1 Å². The molecule has 5 heteroatoms. The predicted molar refractivity (Wildman–Crippen MR) is 59.8 cm³/mol. The molecule has 0 amide bonds. The monoisotopic (exact) mass is 218 g/mol. The first-order valence-corrected chi connectivity index (χ1v) is 5.13. The molecule has 1 aromatic heterocycles. The Balaban J connectivity index is 2.53. The van der Waals surface area contributed by atoms with E-state index in [1.807, 2.05) is 18.2 Å². The number of ether oxygens (including phenoxy) is 1. The maximum atomic E-state index is 5.22. The van der Waals surface area contributed by atoms with Crippen molar-refractivity contribution in [3.05, 3.63) is 30.1 Å². The molecule has 84 valence electrons. The van der Waals surface area contributed by atoms with E-state index in [-0.39, 0.29) is 0 Å². The van der Waals surface area contributed by atoms with Gasteiger partial charge in [-0.05, 0) is 40.1 Å². The van der Waals surface area contributed by atoms with Gasteiger partial charge in [0.25, 0.3) is 0 Å². The zero-order valence-electron chi connectivity index (χ0n) is 9.58. The Morgan fingerprint density at radius 2 is 2.12 bits per heavy atom. The highest BCUT2D eigenvalue weighted by Crippen LogP contribution is 2.26. The largest absolute Gasteiger partial charge is 0.497 e. The van der Waals surface area contributed by atoms with E-state index in [0.29, 0.717) is 5.92 Å². The first-order chi connectivity index (χ1) is 7.72. The number of hydrogen-bond acceptors (Lipinski definition) is 4. The van der Waals surface area contributed by atoms with Gasteiger partial charge in [-0.1, -0.05) is 13.8 Å². The Bertz CT molecular complexity index is 465. The summed E-state index contributed by atoms with van der Waals surface area (Å²) < 4.78 is 6.88. The molecule has 2 aromatic rings. The summed E-state index contributed by atoms with van der Waals surface area (Å²) in [7, 11) is 1.66. The third-order valence-corrected chi connectivity index (χ3v) is 2.45. The lowest BCUT2D eigenvalue weighted by molar-refractivity contribution is 0.414. The standard InChI is InChI=1S/C11H14N4O/c1-8(2)10-6-9(16-3)4-5-11(10)15-7-12-13-14-15/h4-8H,1-3H3. The van der Waals surface area contributed by atoms with Crippen molar-refractivity contribution in [3.8, 4) is 11.4 Å². The Kier molecular flexibility index (Phi) is 2.85. The number of aromatic nitrogens is 4. The van der Waals surface area contributed by atoms with Gasteiger partial charge < -0.3 is 4.74 Å². The Hall–Kier alpha value is -1.91. The van der Waals surface area contributed by atoms with Gasteiger partial charge in [0.15, 0.2) is 0 Å². The second-order valence-corrected chi connectivity index (χ2v) is 3.83. The summed E-state index contributed by atoms with van der Waals surface area (Å²) in [6.45, 7) is 4.26. The molecule has 16 heavy (non-hydrogen) atoms. The van der Waals surface area contributed by atoms with Gasteiger partial charge in [-0.15, -0.1) is 5.10 Å². The molecule has 0 N–H and O–H groups in total. The van der Waals surface area contributed by atoms with E-state index in [2.05, 4.69) is 29.4 Å². The third-order valence-electron chi connectivity index (χ3n) is 2.45. The summed E-state index contributed by atoms with van der Waals surface area (Å²) in [5, 5.41) is 11.2. The first-order valence-electron chi connectivity index (χ1n) is 5.13. The van der Waals surface area contributed by atoms with Crippen LogP contribution >= 0.6 is 0 Å². The van der Waals surface area contributed by atoms with Crippen LogP contribution in [0.2, 0.25) is 0 Å². The molecular formula is C11H14N4O. The summed E-state index contributed by atoms with van der Waals surface area (Å²) in [4.78, 5) is 0. The molecule has 0 fully saturated rings. The van der Waals surface area contributed by atoms with Gasteiger partial charge in [0, 0.05) is 0 Å². The molecule has 0 spiro atoms. The number of hydrogen-bond donors (Lipinski definition) is 0. The molecule has 0 saturated heterocycles. The zero-order chi connectivity index (χ0) is 11.5. The number of rotatable bonds is 3. The fraction of sp³-hybridized carbons (Fsp3) is 0.364. The maximum Gasteiger partial charge on any atom is 0.143 e. The molecule has 0 atom stereocenters. The molecule has 5 nitrogen and oxygen atoms in total. The fourth-order valence-electron chi connectivity index (χ4n) is 1.60. The first kappa shape index (κ1) is 10.6. The van der Waals surface area contributed by atoms with Gasteiger partial charge in [0.05, 0.1) is 12.8 Å². The van der Waals surface area contributed by atoms with E-state index in [9.17, 15) is 0 Å².